The number of aliphatic hydroxyl groups is 2. The molecule has 0 aliphatic rings. The summed E-state index contributed by atoms with van der Waals surface area (Å²) in [6, 6.07) is 0. The van der Waals surface area contributed by atoms with Crippen molar-refractivity contribution in [3.8, 4) is 0 Å². The molecule has 0 rings (SSSR count). The largest absolute Gasteiger partial charge is 0.396 e. The number of halogens is 2. The van der Waals surface area contributed by atoms with Gasteiger partial charge in [-0.15, -0.1) is 23.2 Å². The summed E-state index contributed by atoms with van der Waals surface area (Å²) in [6.07, 6.45) is 0. The standard InChI is InChI=1S/C10H20Cl2O2S3/c11-5-9(7-15-3-1-13)17-10(6-12)8-16-4-2-14/h9-10,13-14H,1-8H2. The van der Waals surface area contributed by atoms with Crippen LogP contribution < -0.4 is 0 Å². The van der Waals surface area contributed by atoms with E-state index < -0.39 is 0 Å². The third-order valence-corrected chi connectivity index (χ3v) is 7.00. The van der Waals surface area contributed by atoms with E-state index in [0.717, 1.165) is 23.0 Å². The first-order valence-corrected chi connectivity index (χ1v) is 9.75. The van der Waals surface area contributed by atoms with Gasteiger partial charge in [0.2, 0.25) is 0 Å². The second kappa shape index (κ2) is 14.0. The molecule has 0 amide bonds. The first-order chi connectivity index (χ1) is 8.28. The predicted octanol–water partition coefficient (Wildman–Crippen LogP) is 2.39. The van der Waals surface area contributed by atoms with Crippen LogP contribution in [0.5, 0.6) is 0 Å². The minimum absolute atomic E-state index is 0.218. The van der Waals surface area contributed by atoms with E-state index in [1.165, 1.54) is 0 Å². The van der Waals surface area contributed by atoms with Crippen LogP contribution in [-0.2, 0) is 0 Å². The summed E-state index contributed by atoms with van der Waals surface area (Å²) in [7, 11) is 0. The molecule has 0 fully saturated rings. The van der Waals surface area contributed by atoms with Crippen LogP contribution >= 0.6 is 58.5 Å². The van der Waals surface area contributed by atoms with E-state index >= 15 is 0 Å². The van der Waals surface area contributed by atoms with Crippen LogP contribution in [-0.4, -0.2) is 68.7 Å². The van der Waals surface area contributed by atoms with Gasteiger partial charge in [0, 0.05) is 45.3 Å². The molecule has 17 heavy (non-hydrogen) atoms. The molecule has 0 spiro atoms. The maximum Gasteiger partial charge on any atom is 0.0521 e. The quantitative estimate of drug-likeness (QED) is 0.422. The van der Waals surface area contributed by atoms with Crippen LogP contribution in [0.3, 0.4) is 0 Å². The van der Waals surface area contributed by atoms with Crippen molar-refractivity contribution < 1.29 is 10.2 Å². The summed E-state index contributed by atoms with van der Waals surface area (Å²) >= 11 is 17.1. The normalized spacial score (nSPS) is 14.8. The molecule has 0 heterocycles. The highest BCUT2D eigenvalue weighted by Gasteiger charge is 2.16. The maximum absolute atomic E-state index is 8.71. The molecule has 0 aromatic rings. The fraction of sp³-hybridized carbons (Fsp3) is 1.00. The van der Waals surface area contributed by atoms with E-state index in [9.17, 15) is 0 Å². The van der Waals surface area contributed by atoms with Gasteiger partial charge in [-0.1, -0.05) is 0 Å². The number of rotatable bonds is 12. The van der Waals surface area contributed by atoms with Crippen molar-refractivity contribution >= 4 is 58.5 Å². The molecule has 7 heteroatoms. The van der Waals surface area contributed by atoms with Gasteiger partial charge in [0.25, 0.3) is 0 Å². The highest BCUT2D eigenvalue weighted by Crippen LogP contribution is 2.26. The molecule has 104 valence electrons. The van der Waals surface area contributed by atoms with E-state index in [2.05, 4.69) is 0 Å². The molecule has 2 nitrogen and oxygen atoms in total. The van der Waals surface area contributed by atoms with Crippen molar-refractivity contribution in [2.24, 2.45) is 0 Å². The third kappa shape index (κ3) is 11.1. The first-order valence-electron chi connectivity index (χ1n) is 5.43. The molecule has 2 unspecified atom stereocenters. The monoisotopic (exact) mass is 338 g/mol. The molecule has 2 atom stereocenters. The Kier molecular flexibility index (Phi) is 15.2. The lowest BCUT2D eigenvalue weighted by atomic mass is 10.5. The molecule has 0 aromatic carbocycles. The van der Waals surface area contributed by atoms with Gasteiger partial charge in [0.15, 0.2) is 0 Å². The average molecular weight is 339 g/mol. The molecule has 2 N–H and O–H groups in total. The first kappa shape index (κ1) is 18.6. The Hall–Kier alpha value is 1.55. The Morgan fingerprint density at radius 3 is 1.53 bits per heavy atom. The van der Waals surface area contributed by atoms with Gasteiger partial charge < -0.3 is 10.2 Å². The van der Waals surface area contributed by atoms with E-state index in [1.807, 2.05) is 11.8 Å². The van der Waals surface area contributed by atoms with Crippen LogP contribution in [0.15, 0.2) is 0 Å². The Morgan fingerprint density at radius 1 is 0.824 bits per heavy atom. The number of aliphatic hydroxyl groups excluding tert-OH is 2. The van der Waals surface area contributed by atoms with Gasteiger partial charge in [0.05, 0.1) is 13.2 Å². The fourth-order valence-electron chi connectivity index (χ4n) is 1.07. The number of alkyl halides is 2. The molecule has 0 aromatic heterocycles. The topological polar surface area (TPSA) is 40.5 Å². The molecule has 0 saturated heterocycles. The van der Waals surface area contributed by atoms with Crippen LogP contribution in [0.1, 0.15) is 0 Å². The Balaban J connectivity index is 3.77. The smallest absolute Gasteiger partial charge is 0.0521 e. The Labute approximate surface area is 127 Å². The third-order valence-electron chi connectivity index (χ3n) is 1.81. The highest BCUT2D eigenvalue weighted by atomic mass is 35.5. The van der Waals surface area contributed by atoms with Crippen molar-refractivity contribution in [3.05, 3.63) is 0 Å². The summed E-state index contributed by atoms with van der Waals surface area (Å²) in [5.41, 5.74) is 0. The Morgan fingerprint density at radius 2 is 1.24 bits per heavy atom. The van der Waals surface area contributed by atoms with Gasteiger partial charge in [-0.3, -0.25) is 0 Å². The van der Waals surface area contributed by atoms with Crippen LogP contribution in [0.4, 0.5) is 0 Å². The van der Waals surface area contributed by atoms with Crippen molar-refractivity contribution in [2.75, 3.05) is 48.0 Å². The molecule has 0 aliphatic carbocycles. The fourth-order valence-corrected chi connectivity index (χ4v) is 5.23. The molecular formula is C10H20Cl2O2S3. The van der Waals surface area contributed by atoms with Crippen molar-refractivity contribution in [2.45, 2.75) is 10.5 Å². The van der Waals surface area contributed by atoms with E-state index in [1.54, 1.807) is 23.5 Å². The summed E-state index contributed by atoms with van der Waals surface area (Å²) < 4.78 is 0. The minimum atomic E-state index is 0.218. The lowest BCUT2D eigenvalue weighted by Gasteiger charge is -2.19. The summed E-state index contributed by atoms with van der Waals surface area (Å²) in [4.78, 5) is 0. The van der Waals surface area contributed by atoms with Crippen LogP contribution in [0.25, 0.3) is 0 Å². The molecule has 0 bridgehead atoms. The van der Waals surface area contributed by atoms with Crippen LogP contribution in [0, 0.1) is 0 Å². The molecule has 0 saturated carbocycles. The zero-order chi connectivity index (χ0) is 12.9. The Bertz CT molecular complexity index is 150. The van der Waals surface area contributed by atoms with Gasteiger partial charge in [-0.05, 0) is 0 Å². The van der Waals surface area contributed by atoms with Crippen molar-refractivity contribution in [1.29, 1.82) is 0 Å². The van der Waals surface area contributed by atoms with Gasteiger partial charge in [0.1, 0.15) is 0 Å². The number of thioether (sulfide) groups is 3. The van der Waals surface area contributed by atoms with Crippen molar-refractivity contribution in [3.63, 3.8) is 0 Å². The number of hydrogen-bond donors (Lipinski definition) is 2. The van der Waals surface area contributed by atoms with E-state index in [0.29, 0.717) is 22.3 Å². The van der Waals surface area contributed by atoms with E-state index in [4.69, 9.17) is 33.4 Å². The van der Waals surface area contributed by atoms with Gasteiger partial charge in [-0.2, -0.15) is 35.3 Å². The van der Waals surface area contributed by atoms with Crippen molar-refractivity contribution in [1.82, 2.24) is 0 Å². The lowest BCUT2D eigenvalue weighted by Crippen LogP contribution is -2.19. The average Bonchev–Trinajstić information content (AvgIpc) is 2.36. The predicted molar refractivity (Wildman–Crippen MR) is 85.4 cm³/mol. The summed E-state index contributed by atoms with van der Waals surface area (Å²) in [5, 5.41) is 18.2. The lowest BCUT2D eigenvalue weighted by molar-refractivity contribution is 0.322. The SMILES string of the molecule is OCCSCC(CCl)SC(CCl)CSCCO. The zero-order valence-electron chi connectivity index (χ0n) is 9.69. The molecular weight excluding hydrogens is 319 g/mol. The summed E-state index contributed by atoms with van der Waals surface area (Å²) in [6.45, 7) is 0.436. The number of hydrogen-bond acceptors (Lipinski definition) is 5. The zero-order valence-corrected chi connectivity index (χ0v) is 13.6. The van der Waals surface area contributed by atoms with Gasteiger partial charge in [-0.25, -0.2) is 0 Å². The second-order valence-electron chi connectivity index (χ2n) is 3.29. The second-order valence-corrected chi connectivity index (χ2v) is 7.81. The van der Waals surface area contributed by atoms with Crippen LogP contribution in [0.2, 0.25) is 0 Å². The van der Waals surface area contributed by atoms with Gasteiger partial charge >= 0.3 is 0 Å². The molecule has 0 radical (unpaired) electrons. The van der Waals surface area contributed by atoms with E-state index in [-0.39, 0.29) is 13.2 Å². The maximum atomic E-state index is 8.71. The summed E-state index contributed by atoms with van der Waals surface area (Å²) in [5.74, 6) is 4.65. The molecule has 0 aliphatic heterocycles. The highest BCUT2D eigenvalue weighted by molar-refractivity contribution is 8.05. The minimum Gasteiger partial charge on any atom is -0.396 e.